The summed E-state index contributed by atoms with van der Waals surface area (Å²) < 4.78 is 30.0. The fraction of sp³-hybridized carbons (Fsp3) is 0.414. The van der Waals surface area contributed by atoms with Crippen molar-refractivity contribution >= 4 is 88.9 Å². The zero-order valence-corrected chi connectivity index (χ0v) is 59.4. The number of carbonyl (C=O) groups excluding carboxylic acids is 5. The molecule has 8 aromatic heterocycles. The predicted octanol–water partition coefficient (Wildman–Crippen LogP) is 16.5. The summed E-state index contributed by atoms with van der Waals surface area (Å²) in [7, 11) is 5.15. The average Bonchev–Trinajstić information content (AvgIpc) is 1.54. The molecule has 0 saturated carbocycles. The third-order valence-corrected chi connectivity index (χ3v) is 13.0. The van der Waals surface area contributed by atoms with E-state index < -0.39 is 35.1 Å². The van der Waals surface area contributed by atoms with Crippen LogP contribution in [0.3, 0.4) is 0 Å². The van der Waals surface area contributed by atoms with E-state index in [1.807, 2.05) is 59.9 Å². The zero-order chi connectivity index (χ0) is 71.3. The molecule has 0 spiro atoms. The summed E-state index contributed by atoms with van der Waals surface area (Å²) in [5.74, 6) is 1.99. The summed E-state index contributed by atoms with van der Waals surface area (Å²) in [6, 6.07) is 21.4. The van der Waals surface area contributed by atoms with Crippen LogP contribution in [0.15, 0.2) is 122 Å². The zero-order valence-electron chi connectivity index (χ0n) is 57.1. The number of aliphatic hydroxyl groups is 1. The number of nitrogens with zero attached hydrogens (tertiary/aromatic N) is 12. The van der Waals surface area contributed by atoms with Crippen molar-refractivity contribution in [3.8, 4) is 28.5 Å². The molecule has 9 heterocycles. The first-order valence-corrected chi connectivity index (χ1v) is 31.6. The van der Waals surface area contributed by atoms with E-state index >= 15 is 0 Å². The molecule has 0 atom stereocenters. The van der Waals surface area contributed by atoms with Crippen molar-refractivity contribution in [1.29, 1.82) is 0 Å². The van der Waals surface area contributed by atoms with Crippen LogP contribution < -0.4 is 25.2 Å². The van der Waals surface area contributed by atoms with Gasteiger partial charge >= 0.3 is 18.3 Å². The van der Waals surface area contributed by atoms with Gasteiger partial charge in [0.25, 0.3) is 0 Å². The summed E-state index contributed by atoms with van der Waals surface area (Å²) in [6.07, 6.45) is 15.3. The summed E-state index contributed by atoms with van der Waals surface area (Å²) in [5, 5.41) is 24.2. The van der Waals surface area contributed by atoms with Gasteiger partial charge in [0.1, 0.15) is 52.4 Å². The van der Waals surface area contributed by atoms with Gasteiger partial charge in [-0.3, -0.25) is 44.5 Å². The Morgan fingerprint density at radius 2 is 1.02 bits per heavy atom. The number of carbonyl (C=O) groups is 5. The first kappa shape index (κ1) is 84.9. The average molecular weight is 1410 g/mol. The number of nitrogens with one attached hydrogen (secondary N) is 2. The van der Waals surface area contributed by atoms with E-state index in [1.54, 1.807) is 129 Å². The second kappa shape index (κ2) is 41.2. The van der Waals surface area contributed by atoms with Crippen LogP contribution in [-0.2, 0) is 32.2 Å². The number of hydrogen-bond acceptors (Lipinski definition) is 20. The van der Waals surface area contributed by atoms with Crippen LogP contribution in [0.5, 0.6) is 5.75 Å². The fourth-order valence-electron chi connectivity index (χ4n) is 8.11. The number of halogens is 3. The molecule has 0 aromatic carbocycles. The van der Waals surface area contributed by atoms with E-state index in [2.05, 4.69) is 78.4 Å². The van der Waals surface area contributed by atoms with Crippen molar-refractivity contribution in [2.24, 2.45) is 0 Å². The molecule has 0 radical (unpaired) electrons. The van der Waals surface area contributed by atoms with E-state index in [0.717, 1.165) is 58.3 Å². The molecule has 532 valence electrons. The molecule has 0 unspecified atom stereocenters. The van der Waals surface area contributed by atoms with Gasteiger partial charge in [0.15, 0.2) is 12.6 Å². The van der Waals surface area contributed by atoms with Gasteiger partial charge in [-0.2, -0.15) is 10.2 Å². The fourth-order valence-corrected chi connectivity index (χ4v) is 8.61. The molecule has 8 aromatic rings. The van der Waals surface area contributed by atoms with Crippen LogP contribution in [0, 0.1) is 0 Å². The van der Waals surface area contributed by atoms with Gasteiger partial charge in [0.05, 0.1) is 45.5 Å². The number of amides is 3. The summed E-state index contributed by atoms with van der Waals surface area (Å²) in [6.45, 7) is 26.6. The Morgan fingerprint density at radius 3 is 1.43 bits per heavy atom. The molecule has 1 fully saturated rings. The quantitative estimate of drug-likeness (QED) is 0.0673. The van der Waals surface area contributed by atoms with Gasteiger partial charge in [-0.15, -0.1) is 0 Å². The topological polar surface area (TPSA) is 295 Å². The summed E-state index contributed by atoms with van der Waals surface area (Å²) in [5.41, 5.74) is 4.16. The highest BCUT2D eigenvalue weighted by molar-refractivity contribution is 6.33. The molecule has 1 aliphatic rings. The SMILES string of the molecule is C.C.C1CCOC1.CC(C)(C)OC(=O)Nc1cc(Cl)ccn1.CC(C)(C)OC(=O)Nc1cc(Cl)ccn1.CC(C)n1nccc1-c1ncccc1CO.CC(C)n1nccc1-c1ncccc1COc1ccnc(N(C)C)c1C=O.CN(C(=O)OC(C)(C)C)c1nccc(Cl)c1C=O. The molecule has 0 bridgehead atoms. The van der Waals surface area contributed by atoms with Gasteiger partial charge in [0, 0.05) is 117 Å². The van der Waals surface area contributed by atoms with Crippen LogP contribution in [0.4, 0.5) is 37.7 Å². The monoisotopic (exact) mass is 1410 g/mol. The number of aliphatic hydroxyl groups excluding tert-OH is 1. The van der Waals surface area contributed by atoms with Crippen LogP contribution in [0.25, 0.3) is 22.8 Å². The highest BCUT2D eigenvalue weighted by Crippen LogP contribution is 2.30. The first-order chi connectivity index (χ1) is 45.3. The minimum absolute atomic E-state index is 0. The Bertz CT molecular complexity index is 3690. The second-order valence-corrected chi connectivity index (χ2v) is 25.8. The van der Waals surface area contributed by atoms with E-state index in [0.29, 0.717) is 45.1 Å². The third-order valence-electron chi connectivity index (χ3n) is 12.2. The van der Waals surface area contributed by atoms with Crippen LogP contribution in [0.2, 0.25) is 15.1 Å². The number of rotatable bonds is 14. The summed E-state index contributed by atoms with van der Waals surface area (Å²) >= 11 is 17.3. The molecule has 1 aliphatic heterocycles. The Hall–Kier alpha value is -9.14. The highest BCUT2D eigenvalue weighted by Gasteiger charge is 2.25. The van der Waals surface area contributed by atoms with Crippen molar-refractivity contribution in [2.75, 3.05) is 54.8 Å². The van der Waals surface area contributed by atoms with Gasteiger partial charge < -0.3 is 33.7 Å². The molecule has 9 rings (SSSR count). The molecule has 3 N–H and O–H groups in total. The van der Waals surface area contributed by atoms with Crippen LogP contribution in [0.1, 0.15) is 162 Å². The minimum Gasteiger partial charge on any atom is -0.488 e. The summed E-state index contributed by atoms with van der Waals surface area (Å²) in [4.78, 5) is 84.8. The lowest BCUT2D eigenvalue weighted by molar-refractivity contribution is 0.0584. The standard InChI is InChI=1S/C20H23N5O2.C12H15ClN2O3.C12H15N3O.2C10H13ClN2O2.C4H8O.2CH4/c1-14(2)25-17(7-11-23-25)19-15(6-5-9-21-19)13-27-18-8-10-22-20(24(3)4)16(18)12-26;1-12(2,3)18-11(17)15(4)10-8(7-16)9(13)5-6-14-10;1-9(2)15-11(5-7-14-15)12-10(8-16)4-3-6-13-12;2*1-10(2,3)15-9(14)13-8-6-7(11)4-5-12-8;1-2-4-5-3-1;;/h5-12,14H,13H2,1-4H3;5-7H,1-4H3;3-7,9,16H,8H2,1-2H3;2*4-6H,1-3H3,(H,12,13,14);1-4H2;2*1H4. The van der Waals surface area contributed by atoms with Crippen molar-refractivity contribution in [3.63, 3.8) is 0 Å². The third kappa shape index (κ3) is 29.3. The lowest BCUT2D eigenvalue weighted by atomic mass is 10.1. The Morgan fingerprint density at radius 1 is 0.582 bits per heavy atom. The number of aromatic nitrogens is 10. The Labute approximate surface area is 591 Å². The van der Waals surface area contributed by atoms with Crippen LogP contribution in [-0.4, -0.2) is 137 Å². The number of aldehydes is 2. The number of ether oxygens (including phenoxy) is 5. The molecule has 1 saturated heterocycles. The smallest absolute Gasteiger partial charge is 0.415 e. The minimum atomic E-state index is -0.620. The maximum Gasteiger partial charge on any atom is 0.415 e. The van der Waals surface area contributed by atoms with Crippen molar-refractivity contribution in [1.82, 2.24) is 49.5 Å². The first-order valence-electron chi connectivity index (χ1n) is 30.4. The predicted molar refractivity (Wildman–Crippen MR) is 387 cm³/mol. The van der Waals surface area contributed by atoms with E-state index in [4.69, 9.17) is 58.5 Å². The normalized spacial score (nSPS) is 11.4. The van der Waals surface area contributed by atoms with E-state index in [1.165, 1.54) is 44.5 Å². The lowest BCUT2D eigenvalue weighted by Gasteiger charge is -2.24. The molecular weight excluding hydrogens is 1320 g/mol. The second-order valence-electron chi connectivity index (χ2n) is 24.5. The van der Waals surface area contributed by atoms with Crippen molar-refractivity contribution in [3.05, 3.63) is 160 Å². The molecule has 25 nitrogen and oxygen atoms in total. The van der Waals surface area contributed by atoms with Gasteiger partial charge in [-0.25, -0.2) is 34.3 Å². The van der Waals surface area contributed by atoms with Gasteiger partial charge in [-0.05, 0) is 164 Å². The molecule has 98 heavy (non-hydrogen) atoms. The molecule has 3 amide bonds. The maximum absolute atomic E-state index is 11.8. The number of pyridine rings is 6. The molecule has 28 heteroatoms. The Kier molecular flexibility index (Phi) is 35.7. The molecule has 0 aliphatic carbocycles. The van der Waals surface area contributed by atoms with Crippen molar-refractivity contribution < 1.29 is 52.8 Å². The van der Waals surface area contributed by atoms with Gasteiger partial charge in [-0.1, -0.05) is 61.8 Å². The highest BCUT2D eigenvalue weighted by atomic mass is 35.5. The number of hydrogen-bond donors (Lipinski definition) is 3. The van der Waals surface area contributed by atoms with Gasteiger partial charge in [0.2, 0.25) is 0 Å². The van der Waals surface area contributed by atoms with Crippen molar-refractivity contribution in [2.45, 2.75) is 160 Å². The largest absolute Gasteiger partial charge is 0.488 e. The lowest BCUT2D eigenvalue weighted by Crippen LogP contribution is -2.35. The van der Waals surface area contributed by atoms with E-state index in [9.17, 15) is 29.1 Å². The maximum atomic E-state index is 11.8. The Balaban J connectivity index is 0.000000414. The van der Waals surface area contributed by atoms with Crippen LogP contribution >= 0.6 is 34.8 Å². The molecular formula is C70H95Cl3N14O11. The number of anilines is 4. The van der Waals surface area contributed by atoms with E-state index in [-0.39, 0.29) is 56.6 Å².